The van der Waals surface area contributed by atoms with Gasteiger partial charge in [-0.3, -0.25) is 28.8 Å². The molecule has 10 rings (SSSR count). The van der Waals surface area contributed by atoms with Crippen molar-refractivity contribution in [2.45, 2.75) is 32.6 Å². The van der Waals surface area contributed by atoms with Crippen molar-refractivity contribution in [3.63, 3.8) is 0 Å². The first-order chi connectivity index (χ1) is 27.8. The van der Waals surface area contributed by atoms with Gasteiger partial charge in [0.2, 0.25) is 23.6 Å². The van der Waals surface area contributed by atoms with Crippen molar-refractivity contribution in [2.75, 3.05) is 9.80 Å². The zero-order valence-electron chi connectivity index (χ0n) is 31.5. The van der Waals surface area contributed by atoms with Crippen LogP contribution in [0.1, 0.15) is 47.2 Å². The summed E-state index contributed by atoms with van der Waals surface area (Å²) in [6.07, 6.45) is 2.33. The van der Waals surface area contributed by atoms with Crippen molar-refractivity contribution in [3.05, 3.63) is 118 Å². The smallest absolute Gasteiger partial charge is 0.335 e. The van der Waals surface area contributed by atoms with E-state index in [1.54, 1.807) is 53.4 Å². The standard InChI is InChI=1S/C45H35ClN4O7S/c1-21-30-18-23(46)11-16-35(30)58-39(21)33-20-36(48(3)47-33)50-41(53)32-19-31-28(38(45(32,2)44(50)57)27-14-15-34(51)26-10-5-4-9-25(26)27)12-13-29-37(31)42(54)49(40(29)52)24-8-6-7-22(17-24)43(55)56/h4-12,14-18,20,29,31-32,37-38,51H,13,19H2,1-3H3,(H,55,56)/t29-,31+,32-,37-,38-,45+/m0/s1. The number of hydrogen-bond acceptors (Lipinski definition) is 8. The molecule has 3 fully saturated rings. The van der Waals surface area contributed by atoms with Crippen LogP contribution in [0.2, 0.25) is 5.02 Å². The Labute approximate surface area is 340 Å². The fourth-order valence-corrected chi connectivity index (χ4v) is 11.7. The summed E-state index contributed by atoms with van der Waals surface area (Å²) in [6, 6.07) is 24.0. The van der Waals surface area contributed by atoms with E-state index in [0.29, 0.717) is 27.3 Å². The molecule has 2 aliphatic carbocycles. The predicted octanol–water partition coefficient (Wildman–Crippen LogP) is 8.26. The van der Waals surface area contributed by atoms with Gasteiger partial charge in [0, 0.05) is 34.1 Å². The Hall–Kier alpha value is -6.11. The quantitative estimate of drug-likeness (QED) is 0.131. The molecular formula is C45H35ClN4O7S. The summed E-state index contributed by atoms with van der Waals surface area (Å²) in [6.45, 7) is 3.82. The first-order valence-electron chi connectivity index (χ1n) is 19.0. The molecule has 6 aromatic rings. The molecule has 2 aliphatic heterocycles. The largest absolute Gasteiger partial charge is 0.507 e. The second-order valence-corrected chi connectivity index (χ2v) is 17.4. The number of hydrogen-bond donors (Lipinski definition) is 2. The molecule has 290 valence electrons. The van der Waals surface area contributed by atoms with Gasteiger partial charge in [0.1, 0.15) is 17.3 Å². The lowest BCUT2D eigenvalue weighted by Crippen LogP contribution is -2.49. The number of phenolic OH excluding ortho intramolecular Hbond substituents is 1. The van der Waals surface area contributed by atoms with Gasteiger partial charge in [0.05, 0.1) is 39.3 Å². The van der Waals surface area contributed by atoms with E-state index in [4.69, 9.17) is 16.7 Å². The highest BCUT2D eigenvalue weighted by molar-refractivity contribution is 7.22. The molecule has 0 radical (unpaired) electrons. The SMILES string of the molecule is Cc1c(-c2cc(N3C(=O)[C@@H]4C[C@@H]5C(=CC[C@@H]6C(=O)N(c7cccc(C(=O)O)c7)C(=O)[C@@H]65)[C@H](c5ccc(O)c6ccccc56)[C@]4(C)C3=O)n(C)n2)sc2ccc(Cl)cc12. The number of thiophene rings is 1. The highest BCUT2D eigenvalue weighted by Crippen LogP contribution is 2.64. The summed E-state index contributed by atoms with van der Waals surface area (Å²) in [5, 5.41) is 28.4. The zero-order chi connectivity index (χ0) is 40.5. The van der Waals surface area contributed by atoms with Crippen molar-refractivity contribution < 1.29 is 34.2 Å². The van der Waals surface area contributed by atoms with Crippen LogP contribution in [0.5, 0.6) is 5.75 Å². The van der Waals surface area contributed by atoms with Crippen LogP contribution in [0.15, 0.2) is 96.6 Å². The number of carbonyl (C=O) groups excluding carboxylic acids is 4. The number of rotatable bonds is 5. The van der Waals surface area contributed by atoms with Gasteiger partial charge < -0.3 is 10.2 Å². The van der Waals surface area contributed by atoms with E-state index in [1.165, 1.54) is 23.1 Å². The molecule has 11 nitrogen and oxygen atoms in total. The van der Waals surface area contributed by atoms with E-state index in [-0.39, 0.29) is 29.8 Å². The van der Waals surface area contributed by atoms with E-state index < -0.39 is 64.6 Å². The number of carbonyl (C=O) groups is 5. The molecule has 0 unspecified atom stereocenters. The number of benzene rings is 4. The number of nitrogens with zero attached hydrogens (tertiary/aromatic N) is 4. The van der Waals surface area contributed by atoms with Crippen LogP contribution < -0.4 is 9.80 Å². The second-order valence-electron chi connectivity index (χ2n) is 16.0. The number of carboxylic acid groups (broad SMARTS) is 1. The number of halogens is 1. The number of amides is 4. The molecule has 1 saturated carbocycles. The maximum absolute atomic E-state index is 15.3. The number of phenols is 1. The minimum absolute atomic E-state index is 0.0557. The van der Waals surface area contributed by atoms with E-state index in [0.717, 1.165) is 36.6 Å². The van der Waals surface area contributed by atoms with Gasteiger partial charge in [-0.2, -0.15) is 5.10 Å². The molecule has 6 atom stereocenters. The van der Waals surface area contributed by atoms with Crippen LogP contribution in [0, 0.1) is 36.0 Å². The van der Waals surface area contributed by atoms with Crippen LogP contribution in [0.3, 0.4) is 0 Å². The fraction of sp³-hybridized carbons (Fsp3) is 0.244. The Kier molecular flexibility index (Phi) is 7.93. The van der Waals surface area contributed by atoms with E-state index >= 15 is 9.59 Å². The highest BCUT2D eigenvalue weighted by atomic mass is 35.5. The Morgan fingerprint density at radius 1 is 0.879 bits per heavy atom. The van der Waals surface area contributed by atoms with Crippen molar-refractivity contribution in [2.24, 2.45) is 36.1 Å². The molecule has 2 saturated heterocycles. The Morgan fingerprint density at radius 2 is 1.66 bits per heavy atom. The number of fused-ring (bicyclic) bond motifs is 6. The zero-order valence-corrected chi connectivity index (χ0v) is 33.0. The van der Waals surface area contributed by atoms with Gasteiger partial charge in [-0.1, -0.05) is 59.6 Å². The number of carboxylic acids is 1. The maximum Gasteiger partial charge on any atom is 0.335 e. The summed E-state index contributed by atoms with van der Waals surface area (Å²) in [4.78, 5) is 74.2. The third-order valence-electron chi connectivity index (χ3n) is 13.1. The predicted molar refractivity (Wildman–Crippen MR) is 220 cm³/mol. The number of aromatic carboxylic acids is 1. The Balaban J connectivity index is 1.11. The normalized spacial score (nSPS) is 25.4. The average molecular weight is 811 g/mol. The van der Waals surface area contributed by atoms with Gasteiger partial charge in [-0.05, 0) is 97.0 Å². The number of anilines is 2. The van der Waals surface area contributed by atoms with E-state index in [1.807, 2.05) is 56.3 Å². The molecule has 13 heteroatoms. The van der Waals surface area contributed by atoms with Gasteiger partial charge in [-0.15, -0.1) is 11.3 Å². The minimum atomic E-state index is -1.33. The summed E-state index contributed by atoms with van der Waals surface area (Å²) < 4.78 is 2.58. The Bertz CT molecular complexity index is 2900. The highest BCUT2D eigenvalue weighted by Gasteiger charge is 2.68. The molecule has 4 amide bonds. The van der Waals surface area contributed by atoms with Gasteiger partial charge in [0.15, 0.2) is 0 Å². The molecule has 58 heavy (non-hydrogen) atoms. The number of imide groups is 2. The summed E-state index contributed by atoms with van der Waals surface area (Å²) in [5.74, 6) is -6.28. The van der Waals surface area contributed by atoms with E-state index in [2.05, 4.69) is 0 Å². The summed E-state index contributed by atoms with van der Waals surface area (Å²) >= 11 is 7.88. The third-order valence-corrected chi connectivity index (χ3v) is 14.6. The van der Waals surface area contributed by atoms with Crippen molar-refractivity contribution in [1.82, 2.24) is 9.78 Å². The molecule has 0 spiro atoms. The number of aromatic nitrogens is 2. The molecule has 0 bridgehead atoms. The first kappa shape index (κ1) is 36.2. The lowest BCUT2D eigenvalue weighted by molar-refractivity contribution is -0.131. The molecule has 2 aromatic heterocycles. The molecule has 2 N–H and O–H groups in total. The molecule has 4 aliphatic rings. The maximum atomic E-state index is 15.3. The average Bonchev–Trinajstić information content (AvgIpc) is 3.88. The molecular weight excluding hydrogens is 776 g/mol. The number of aromatic hydroxyl groups is 1. The van der Waals surface area contributed by atoms with Crippen LogP contribution in [-0.4, -0.2) is 49.6 Å². The minimum Gasteiger partial charge on any atom is -0.507 e. The number of allylic oxidation sites excluding steroid dienone is 2. The lowest BCUT2D eigenvalue weighted by Gasteiger charge is -2.49. The van der Waals surface area contributed by atoms with Crippen LogP contribution in [0.4, 0.5) is 11.5 Å². The lowest BCUT2D eigenvalue weighted by atomic mass is 9.51. The Morgan fingerprint density at radius 3 is 2.43 bits per heavy atom. The van der Waals surface area contributed by atoms with Crippen molar-refractivity contribution >= 4 is 84.9 Å². The first-order valence-corrected chi connectivity index (χ1v) is 20.2. The van der Waals surface area contributed by atoms with Gasteiger partial charge in [-0.25, -0.2) is 9.69 Å². The third kappa shape index (κ3) is 4.91. The topological polar surface area (TPSA) is 150 Å². The summed E-state index contributed by atoms with van der Waals surface area (Å²) in [7, 11) is 1.71. The summed E-state index contributed by atoms with van der Waals surface area (Å²) in [5.41, 5.74) is 1.90. The van der Waals surface area contributed by atoms with Crippen LogP contribution >= 0.6 is 22.9 Å². The monoisotopic (exact) mass is 810 g/mol. The van der Waals surface area contributed by atoms with E-state index in [9.17, 15) is 24.6 Å². The van der Waals surface area contributed by atoms with Crippen molar-refractivity contribution in [3.8, 4) is 16.3 Å². The van der Waals surface area contributed by atoms with Gasteiger partial charge in [0.25, 0.3) is 0 Å². The molecule has 4 aromatic carbocycles. The fourth-order valence-electron chi connectivity index (χ4n) is 10.4. The van der Waals surface area contributed by atoms with Crippen LogP contribution in [-0.2, 0) is 26.2 Å². The number of aryl methyl sites for hydroxylation is 2. The van der Waals surface area contributed by atoms with Crippen LogP contribution in [0.25, 0.3) is 31.4 Å². The molecule has 4 heterocycles. The second kappa shape index (κ2) is 12.7. The van der Waals surface area contributed by atoms with Crippen molar-refractivity contribution in [1.29, 1.82) is 0 Å². The van der Waals surface area contributed by atoms with Gasteiger partial charge >= 0.3 is 5.97 Å².